The molecule has 1 N–H and O–H groups in total. The Morgan fingerprint density at radius 1 is 1.40 bits per heavy atom. The summed E-state index contributed by atoms with van der Waals surface area (Å²) >= 11 is 2.01. The number of nitrogens with one attached hydrogen (secondary N) is 1. The normalized spacial score (nSPS) is 14.9. The maximum atomic E-state index is 3.48. The Labute approximate surface area is 96.7 Å². The van der Waals surface area contributed by atoms with Crippen LogP contribution in [0, 0.1) is 0 Å². The molecule has 0 unspecified atom stereocenters. The van der Waals surface area contributed by atoms with Crippen molar-refractivity contribution >= 4 is 17.4 Å². The first-order valence-corrected chi connectivity index (χ1v) is 6.78. The first kappa shape index (κ1) is 10.9. The van der Waals surface area contributed by atoms with Gasteiger partial charge in [0.1, 0.15) is 0 Å². The van der Waals surface area contributed by atoms with E-state index in [0.717, 1.165) is 12.3 Å². The van der Waals surface area contributed by atoms with E-state index in [2.05, 4.69) is 37.4 Å². The van der Waals surface area contributed by atoms with E-state index in [1.807, 2.05) is 11.8 Å². The number of rotatable bonds is 3. The summed E-state index contributed by atoms with van der Waals surface area (Å²) in [5.74, 6) is 1.13. The van der Waals surface area contributed by atoms with Crippen molar-refractivity contribution in [3.8, 4) is 0 Å². The van der Waals surface area contributed by atoms with E-state index in [9.17, 15) is 0 Å². The first-order valence-electron chi connectivity index (χ1n) is 5.73. The number of aryl methyl sites for hydroxylation is 1. The standard InChI is InChI=1S/C13H19NS/c1-10(2)15-9-11-5-6-12-4-3-7-14-13(12)8-11/h5-6,8,10,14H,3-4,7,9H2,1-2H3. The average molecular weight is 221 g/mol. The molecule has 0 atom stereocenters. The third-order valence-electron chi connectivity index (χ3n) is 2.70. The highest BCUT2D eigenvalue weighted by Gasteiger charge is 2.08. The van der Waals surface area contributed by atoms with Crippen LogP contribution in [-0.2, 0) is 12.2 Å². The van der Waals surface area contributed by atoms with Gasteiger partial charge in [0.15, 0.2) is 0 Å². The second-order valence-electron chi connectivity index (χ2n) is 4.38. The van der Waals surface area contributed by atoms with Gasteiger partial charge in [0.2, 0.25) is 0 Å². The van der Waals surface area contributed by atoms with E-state index in [0.29, 0.717) is 5.25 Å². The van der Waals surface area contributed by atoms with Gasteiger partial charge in [-0.25, -0.2) is 0 Å². The smallest absolute Gasteiger partial charge is 0.0375 e. The van der Waals surface area contributed by atoms with Crippen LogP contribution in [0.2, 0.25) is 0 Å². The van der Waals surface area contributed by atoms with E-state index >= 15 is 0 Å². The fourth-order valence-corrected chi connectivity index (χ4v) is 2.57. The van der Waals surface area contributed by atoms with Crippen LogP contribution in [0.5, 0.6) is 0 Å². The van der Waals surface area contributed by atoms with Crippen molar-refractivity contribution in [2.45, 2.75) is 37.7 Å². The molecule has 1 aromatic carbocycles. The molecule has 0 saturated heterocycles. The summed E-state index contributed by atoms with van der Waals surface area (Å²) in [6.07, 6.45) is 2.51. The van der Waals surface area contributed by atoms with Crippen LogP contribution in [0.25, 0.3) is 0 Å². The maximum Gasteiger partial charge on any atom is 0.0375 e. The number of anilines is 1. The Bertz CT molecular complexity index is 333. The second-order valence-corrected chi connectivity index (χ2v) is 5.95. The molecule has 0 radical (unpaired) electrons. The van der Waals surface area contributed by atoms with Crippen molar-refractivity contribution in [1.82, 2.24) is 0 Å². The van der Waals surface area contributed by atoms with Gasteiger partial charge in [0.05, 0.1) is 0 Å². The van der Waals surface area contributed by atoms with Crippen molar-refractivity contribution in [3.05, 3.63) is 29.3 Å². The third-order valence-corrected chi connectivity index (χ3v) is 3.86. The average Bonchev–Trinajstić information content (AvgIpc) is 2.26. The van der Waals surface area contributed by atoms with Crippen LogP contribution in [-0.4, -0.2) is 11.8 Å². The van der Waals surface area contributed by atoms with Crippen molar-refractivity contribution in [3.63, 3.8) is 0 Å². The Hall–Kier alpha value is -0.630. The minimum absolute atomic E-state index is 0.717. The highest BCUT2D eigenvalue weighted by atomic mass is 32.2. The van der Waals surface area contributed by atoms with Gasteiger partial charge in [-0.2, -0.15) is 11.8 Å². The predicted octanol–water partition coefficient (Wildman–Crippen LogP) is 3.69. The number of hydrogen-bond donors (Lipinski definition) is 1. The maximum absolute atomic E-state index is 3.48. The highest BCUT2D eigenvalue weighted by Crippen LogP contribution is 2.25. The molecule has 0 aliphatic carbocycles. The molecule has 82 valence electrons. The van der Waals surface area contributed by atoms with E-state index in [1.165, 1.54) is 29.7 Å². The van der Waals surface area contributed by atoms with Gasteiger partial charge in [0.25, 0.3) is 0 Å². The monoisotopic (exact) mass is 221 g/mol. The van der Waals surface area contributed by atoms with E-state index < -0.39 is 0 Å². The van der Waals surface area contributed by atoms with Gasteiger partial charge in [-0.3, -0.25) is 0 Å². The number of benzene rings is 1. The quantitative estimate of drug-likeness (QED) is 0.835. The first-order chi connectivity index (χ1) is 7.25. The van der Waals surface area contributed by atoms with Gasteiger partial charge in [-0.1, -0.05) is 26.0 Å². The summed E-state index contributed by atoms with van der Waals surface area (Å²) < 4.78 is 0. The van der Waals surface area contributed by atoms with E-state index in [-0.39, 0.29) is 0 Å². The summed E-state index contributed by atoms with van der Waals surface area (Å²) in [5.41, 5.74) is 4.30. The lowest BCUT2D eigenvalue weighted by molar-refractivity contribution is 0.829. The van der Waals surface area contributed by atoms with Gasteiger partial charge >= 0.3 is 0 Å². The lowest BCUT2D eigenvalue weighted by Gasteiger charge is -2.18. The van der Waals surface area contributed by atoms with Crippen molar-refractivity contribution < 1.29 is 0 Å². The Balaban J connectivity index is 2.07. The van der Waals surface area contributed by atoms with Gasteiger partial charge in [-0.05, 0) is 35.3 Å². The fourth-order valence-electron chi connectivity index (χ4n) is 1.86. The van der Waals surface area contributed by atoms with Crippen LogP contribution in [0.15, 0.2) is 18.2 Å². The molecule has 2 heteroatoms. The minimum Gasteiger partial charge on any atom is -0.385 e. The minimum atomic E-state index is 0.717. The SMILES string of the molecule is CC(C)SCc1ccc2c(c1)NCCC2. The molecular formula is C13H19NS. The Kier molecular flexibility index (Phi) is 3.57. The molecule has 1 heterocycles. The summed E-state index contributed by atoms with van der Waals surface area (Å²) in [7, 11) is 0. The summed E-state index contributed by atoms with van der Waals surface area (Å²) in [6, 6.07) is 6.89. The highest BCUT2D eigenvalue weighted by molar-refractivity contribution is 7.99. The van der Waals surface area contributed by atoms with Gasteiger partial charge < -0.3 is 5.32 Å². The van der Waals surface area contributed by atoms with Gasteiger partial charge in [0, 0.05) is 18.0 Å². The molecule has 1 nitrogen and oxygen atoms in total. The molecule has 0 bridgehead atoms. The number of thioether (sulfide) groups is 1. The lowest BCUT2D eigenvalue weighted by Crippen LogP contribution is -2.11. The number of fused-ring (bicyclic) bond motifs is 1. The van der Waals surface area contributed by atoms with Gasteiger partial charge in [-0.15, -0.1) is 0 Å². The van der Waals surface area contributed by atoms with E-state index in [4.69, 9.17) is 0 Å². The van der Waals surface area contributed by atoms with Crippen molar-refractivity contribution in [2.75, 3.05) is 11.9 Å². The zero-order valence-corrected chi connectivity index (χ0v) is 10.4. The molecule has 2 rings (SSSR count). The zero-order chi connectivity index (χ0) is 10.7. The Morgan fingerprint density at radius 2 is 2.27 bits per heavy atom. The van der Waals surface area contributed by atoms with Crippen molar-refractivity contribution in [1.29, 1.82) is 0 Å². The van der Waals surface area contributed by atoms with Crippen LogP contribution in [0.1, 0.15) is 31.4 Å². The summed E-state index contributed by atoms with van der Waals surface area (Å²) in [5, 5.41) is 4.20. The Morgan fingerprint density at radius 3 is 3.07 bits per heavy atom. The van der Waals surface area contributed by atoms with Crippen LogP contribution in [0.4, 0.5) is 5.69 Å². The summed E-state index contributed by atoms with van der Waals surface area (Å²) in [6.45, 7) is 5.64. The van der Waals surface area contributed by atoms with Crippen LogP contribution < -0.4 is 5.32 Å². The van der Waals surface area contributed by atoms with Crippen LogP contribution >= 0.6 is 11.8 Å². The van der Waals surface area contributed by atoms with E-state index in [1.54, 1.807) is 0 Å². The second kappa shape index (κ2) is 4.93. The molecule has 0 spiro atoms. The number of hydrogen-bond acceptors (Lipinski definition) is 2. The summed E-state index contributed by atoms with van der Waals surface area (Å²) in [4.78, 5) is 0. The molecule has 1 aliphatic heterocycles. The zero-order valence-electron chi connectivity index (χ0n) is 9.55. The topological polar surface area (TPSA) is 12.0 Å². The molecule has 15 heavy (non-hydrogen) atoms. The molecule has 0 fully saturated rings. The largest absolute Gasteiger partial charge is 0.385 e. The lowest BCUT2D eigenvalue weighted by atomic mass is 10.0. The fraction of sp³-hybridized carbons (Fsp3) is 0.538. The van der Waals surface area contributed by atoms with Crippen molar-refractivity contribution in [2.24, 2.45) is 0 Å². The molecule has 1 aliphatic rings. The third kappa shape index (κ3) is 2.91. The molecule has 0 aromatic heterocycles. The molecule has 0 amide bonds. The molecular weight excluding hydrogens is 202 g/mol. The predicted molar refractivity (Wildman–Crippen MR) is 69.7 cm³/mol. The van der Waals surface area contributed by atoms with Crippen LogP contribution in [0.3, 0.4) is 0 Å². The molecule has 1 aromatic rings. The molecule has 0 saturated carbocycles.